The molecule has 112 valence electrons. The minimum atomic E-state index is 0.471. The molecule has 2 heterocycles. The van der Waals surface area contributed by atoms with Crippen molar-refractivity contribution >= 4 is 11.6 Å². The van der Waals surface area contributed by atoms with E-state index in [-0.39, 0.29) is 0 Å². The molecule has 22 heavy (non-hydrogen) atoms. The van der Waals surface area contributed by atoms with E-state index in [0.717, 1.165) is 11.4 Å². The summed E-state index contributed by atoms with van der Waals surface area (Å²) in [5.41, 5.74) is 1.62. The second kappa shape index (κ2) is 6.13. The first-order valence-corrected chi connectivity index (χ1v) is 6.60. The zero-order chi connectivity index (χ0) is 15.4. The molecule has 0 saturated heterocycles. The highest BCUT2D eigenvalue weighted by Crippen LogP contribution is 2.27. The number of ether oxygens (including phenoxy) is 2. The van der Waals surface area contributed by atoms with Crippen molar-refractivity contribution in [2.24, 2.45) is 0 Å². The third kappa shape index (κ3) is 2.98. The van der Waals surface area contributed by atoms with Crippen LogP contribution in [0.4, 0.5) is 11.6 Å². The molecule has 0 aliphatic rings. The smallest absolute Gasteiger partial charge is 0.246 e. The fraction of sp³-hybridized carbons (Fsp3) is 0.133. The zero-order valence-electron chi connectivity index (χ0n) is 12.2. The van der Waals surface area contributed by atoms with E-state index in [9.17, 15) is 0 Å². The van der Waals surface area contributed by atoms with Gasteiger partial charge in [0.1, 0.15) is 17.8 Å². The lowest BCUT2D eigenvalue weighted by Crippen LogP contribution is -1.98. The van der Waals surface area contributed by atoms with Gasteiger partial charge in [-0.3, -0.25) is 4.98 Å². The van der Waals surface area contributed by atoms with E-state index in [0.29, 0.717) is 17.4 Å². The number of benzene rings is 1. The average Bonchev–Trinajstić information content (AvgIpc) is 3.03. The third-order valence-corrected chi connectivity index (χ3v) is 3.01. The quantitative estimate of drug-likeness (QED) is 0.779. The summed E-state index contributed by atoms with van der Waals surface area (Å²) >= 11 is 0. The molecule has 0 bridgehead atoms. The van der Waals surface area contributed by atoms with Gasteiger partial charge in [-0.25, -0.2) is 4.68 Å². The molecule has 7 heteroatoms. The Bertz CT molecular complexity index is 735. The molecule has 0 amide bonds. The van der Waals surface area contributed by atoms with Crippen LogP contribution in [-0.4, -0.2) is 34.0 Å². The van der Waals surface area contributed by atoms with Crippen LogP contribution in [-0.2, 0) is 0 Å². The van der Waals surface area contributed by atoms with Crippen LogP contribution in [0.2, 0.25) is 0 Å². The van der Waals surface area contributed by atoms with Crippen molar-refractivity contribution in [1.82, 2.24) is 19.7 Å². The van der Waals surface area contributed by atoms with Crippen molar-refractivity contribution < 1.29 is 9.47 Å². The van der Waals surface area contributed by atoms with Crippen LogP contribution in [0.5, 0.6) is 11.5 Å². The Morgan fingerprint density at radius 2 is 1.86 bits per heavy atom. The highest BCUT2D eigenvalue weighted by atomic mass is 16.5. The van der Waals surface area contributed by atoms with Crippen molar-refractivity contribution in [2.75, 3.05) is 19.5 Å². The number of rotatable bonds is 5. The Morgan fingerprint density at radius 3 is 2.50 bits per heavy atom. The third-order valence-electron chi connectivity index (χ3n) is 3.01. The molecule has 0 atom stereocenters. The number of hydrogen-bond donors (Lipinski definition) is 1. The summed E-state index contributed by atoms with van der Waals surface area (Å²) in [5, 5.41) is 7.48. The topological polar surface area (TPSA) is 74.1 Å². The molecular weight excluding hydrogens is 282 g/mol. The molecular formula is C15H15N5O2. The Kier molecular flexibility index (Phi) is 3.86. The van der Waals surface area contributed by atoms with Gasteiger partial charge in [-0.15, -0.1) is 5.10 Å². The number of anilines is 2. The lowest BCUT2D eigenvalue weighted by Gasteiger charge is -2.08. The summed E-state index contributed by atoms with van der Waals surface area (Å²) in [6.07, 6.45) is 5.05. The van der Waals surface area contributed by atoms with Crippen LogP contribution in [0.3, 0.4) is 0 Å². The molecule has 3 rings (SSSR count). The normalized spacial score (nSPS) is 10.3. The first-order valence-electron chi connectivity index (χ1n) is 6.60. The minimum Gasteiger partial charge on any atom is -0.497 e. The first-order chi connectivity index (χ1) is 10.8. The van der Waals surface area contributed by atoms with Crippen LogP contribution in [0.15, 0.2) is 49.1 Å². The number of pyridine rings is 1. The van der Waals surface area contributed by atoms with Crippen LogP contribution in [0, 0.1) is 0 Å². The van der Waals surface area contributed by atoms with Crippen molar-refractivity contribution in [3.8, 4) is 17.2 Å². The fourth-order valence-corrected chi connectivity index (χ4v) is 1.94. The molecule has 7 nitrogen and oxygen atoms in total. The van der Waals surface area contributed by atoms with Crippen molar-refractivity contribution in [2.45, 2.75) is 0 Å². The molecule has 0 saturated carbocycles. The predicted molar refractivity (Wildman–Crippen MR) is 82.0 cm³/mol. The van der Waals surface area contributed by atoms with E-state index in [4.69, 9.17) is 9.47 Å². The molecule has 0 aliphatic heterocycles. The van der Waals surface area contributed by atoms with E-state index < -0.39 is 0 Å². The van der Waals surface area contributed by atoms with E-state index >= 15 is 0 Å². The fourth-order valence-electron chi connectivity index (χ4n) is 1.94. The van der Waals surface area contributed by atoms with Gasteiger partial charge in [0.25, 0.3) is 0 Å². The summed E-state index contributed by atoms with van der Waals surface area (Å²) in [6, 6.07) is 9.23. The van der Waals surface area contributed by atoms with Gasteiger partial charge in [-0.05, 0) is 12.1 Å². The Hall–Kier alpha value is -3.09. The predicted octanol–water partition coefficient (Wildman–Crippen LogP) is 2.42. The molecule has 3 aromatic rings. The molecule has 1 aromatic carbocycles. The maximum absolute atomic E-state index is 5.24. The van der Waals surface area contributed by atoms with E-state index in [1.807, 2.05) is 24.3 Å². The largest absolute Gasteiger partial charge is 0.497 e. The summed E-state index contributed by atoms with van der Waals surface area (Å²) < 4.78 is 12.1. The average molecular weight is 297 g/mol. The highest BCUT2D eigenvalue weighted by molar-refractivity contribution is 5.59. The maximum Gasteiger partial charge on any atom is 0.246 e. The van der Waals surface area contributed by atoms with Crippen LogP contribution in [0.1, 0.15) is 0 Å². The van der Waals surface area contributed by atoms with E-state index in [1.54, 1.807) is 43.7 Å². The van der Waals surface area contributed by atoms with E-state index in [1.165, 1.54) is 0 Å². The summed E-state index contributed by atoms with van der Waals surface area (Å²) in [7, 11) is 3.21. The second-order valence-electron chi connectivity index (χ2n) is 4.45. The molecule has 0 unspecified atom stereocenters. The van der Waals surface area contributed by atoms with Crippen LogP contribution < -0.4 is 14.8 Å². The van der Waals surface area contributed by atoms with Gasteiger partial charge in [0.05, 0.1) is 26.1 Å². The Morgan fingerprint density at radius 1 is 1.09 bits per heavy atom. The SMILES string of the molecule is COc1cc(Nc2ncn(-c3cccnc3)n2)cc(OC)c1. The number of hydrogen-bond acceptors (Lipinski definition) is 6. The monoisotopic (exact) mass is 297 g/mol. The number of aromatic nitrogens is 4. The van der Waals surface area contributed by atoms with Crippen molar-refractivity contribution in [3.05, 3.63) is 49.1 Å². The van der Waals surface area contributed by atoms with Gasteiger partial charge in [-0.2, -0.15) is 4.98 Å². The molecule has 2 aromatic heterocycles. The van der Waals surface area contributed by atoms with Gasteiger partial charge in [0.15, 0.2) is 0 Å². The van der Waals surface area contributed by atoms with Gasteiger partial charge in [0.2, 0.25) is 5.95 Å². The number of nitrogens with one attached hydrogen (secondary N) is 1. The van der Waals surface area contributed by atoms with Gasteiger partial charge in [-0.1, -0.05) is 0 Å². The summed E-state index contributed by atoms with van der Waals surface area (Å²) in [5.74, 6) is 1.85. The van der Waals surface area contributed by atoms with E-state index in [2.05, 4.69) is 20.4 Å². The molecule has 0 radical (unpaired) electrons. The van der Waals surface area contributed by atoms with Gasteiger partial charge in [0, 0.05) is 30.1 Å². The Balaban J connectivity index is 1.83. The molecule has 0 fully saturated rings. The van der Waals surface area contributed by atoms with Crippen LogP contribution in [0.25, 0.3) is 5.69 Å². The second-order valence-corrected chi connectivity index (χ2v) is 4.45. The summed E-state index contributed by atoms with van der Waals surface area (Å²) in [4.78, 5) is 8.29. The standard InChI is InChI=1S/C15H15N5O2/c1-21-13-6-11(7-14(8-13)22-2)18-15-17-10-20(19-15)12-4-3-5-16-9-12/h3-10H,1-2H3,(H,18,19). The van der Waals surface area contributed by atoms with Crippen molar-refractivity contribution in [3.63, 3.8) is 0 Å². The summed E-state index contributed by atoms with van der Waals surface area (Å²) in [6.45, 7) is 0. The number of nitrogens with zero attached hydrogens (tertiary/aromatic N) is 4. The lowest BCUT2D eigenvalue weighted by molar-refractivity contribution is 0.395. The van der Waals surface area contributed by atoms with Gasteiger partial charge >= 0.3 is 0 Å². The minimum absolute atomic E-state index is 0.471. The van der Waals surface area contributed by atoms with Crippen molar-refractivity contribution in [1.29, 1.82) is 0 Å². The van der Waals surface area contributed by atoms with Crippen LogP contribution >= 0.6 is 0 Å². The zero-order valence-corrected chi connectivity index (χ0v) is 12.2. The molecule has 1 N–H and O–H groups in total. The Labute approximate surface area is 127 Å². The first kappa shape index (κ1) is 13.9. The molecule has 0 spiro atoms. The maximum atomic E-state index is 5.24. The van der Waals surface area contributed by atoms with Gasteiger partial charge < -0.3 is 14.8 Å². The number of methoxy groups -OCH3 is 2. The molecule has 0 aliphatic carbocycles. The highest BCUT2D eigenvalue weighted by Gasteiger charge is 2.06. The lowest BCUT2D eigenvalue weighted by atomic mass is 10.3.